The molecular weight excluding hydrogens is 268 g/mol. The van der Waals surface area contributed by atoms with Crippen molar-refractivity contribution in [1.29, 1.82) is 0 Å². The molecule has 0 saturated heterocycles. The summed E-state index contributed by atoms with van der Waals surface area (Å²) >= 11 is 1.79. The summed E-state index contributed by atoms with van der Waals surface area (Å²) in [6.07, 6.45) is 4.64. The topological polar surface area (TPSA) is 49.4 Å². The number of nitrogens with one attached hydrogen (secondary N) is 1. The van der Waals surface area contributed by atoms with Crippen molar-refractivity contribution >= 4 is 21.4 Å². The lowest BCUT2D eigenvalue weighted by molar-refractivity contribution is 0.254. The van der Waals surface area contributed by atoms with Crippen LogP contribution < -0.4 is 4.72 Å². The maximum atomic E-state index is 11.0. The molecular formula is C12H20N2O2S2. The molecule has 0 unspecified atom stereocenters. The second-order valence-corrected chi connectivity index (χ2v) is 7.67. The van der Waals surface area contributed by atoms with E-state index in [9.17, 15) is 8.42 Å². The largest absolute Gasteiger partial charge is 0.295 e. The Morgan fingerprint density at radius 2 is 2.28 bits per heavy atom. The van der Waals surface area contributed by atoms with Crippen LogP contribution in [0.3, 0.4) is 0 Å². The van der Waals surface area contributed by atoms with Gasteiger partial charge >= 0.3 is 0 Å². The highest BCUT2D eigenvalue weighted by atomic mass is 32.2. The Kier molecular flexibility index (Phi) is 4.77. The Labute approximate surface area is 113 Å². The summed E-state index contributed by atoms with van der Waals surface area (Å²) in [5.41, 5.74) is 0. The van der Waals surface area contributed by atoms with Crippen molar-refractivity contribution in [3.05, 3.63) is 22.4 Å². The smallest absolute Gasteiger partial charge is 0.208 e. The minimum absolute atomic E-state index is 0.534. The van der Waals surface area contributed by atoms with Crippen LogP contribution in [-0.2, 0) is 16.6 Å². The Morgan fingerprint density at radius 1 is 1.50 bits per heavy atom. The molecule has 0 aliphatic heterocycles. The van der Waals surface area contributed by atoms with Gasteiger partial charge < -0.3 is 0 Å². The summed E-state index contributed by atoms with van der Waals surface area (Å²) in [4.78, 5) is 3.86. The van der Waals surface area contributed by atoms with Gasteiger partial charge in [-0.1, -0.05) is 6.07 Å². The van der Waals surface area contributed by atoms with E-state index < -0.39 is 10.0 Å². The fourth-order valence-electron chi connectivity index (χ4n) is 1.97. The third-order valence-corrected chi connectivity index (χ3v) is 4.58. The van der Waals surface area contributed by atoms with Crippen LogP contribution in [0.15, 0.2) is 17.5 Å². The summed E-state index contributed by atoms with van der Waals surface area (Å²) in [5, 5.41) is 2.10. The first kappa shape index (κ1) is 14.0. The minimum Gasteiger partial charge on any atom is -0.295 e. The summed E-state index contributed by atoms with van der Waals surface area (Å²) in [6, 6.07) is 4.95. The molecule has 4 nitrogen and oxygen atoms in total. The molecule has 1 aliphatic carbocycles. The molecule has 1 saturated carbocycles. The summed E-state index contributed by atoms with van der Waals surface area (Å²) < 4.78 is 24.5. The minimum atomic E-state index is -3.04. The molecule has 6 heteroatoms. The third-order valence-electron chi connectivity index (χ3n) is 2.99. The lowest BCUT2D eigenvalue weighted by atomic mass is 10.3. The Morgan fingerprint density at radius 3 is 2.83 bits per heavy atom. The van der Waals surface area contributed by atoms with Crippen LogP contribution in [0.4, 0.5) is 0 Å². The molecule has 1 aromatic heterocycles. The van der Waals surface area contributed by atoms with Crippen LogP contribution in [0.25, 0.3) is 0 Å². The van der Waals surface area contributed by atoms with Crippen molar-refractivity contribution in [1.82, 2.24) is 9.62 Å². The van der Waals surface area contributed by atoms with Crippen molar-refractivity contribution < 1.29 is 8.42 Å². The van der Waals surface area contributed by atoms with Crippen LogP contribution in [0.5, 0.6) is 0 Å². The van der Waals surface area contributed by atoms with E-state index >= 15 is 0 Å². The number of hydrogen-bond acceptors (Lipinski definition) is 4. The van der Waals surface area contributed by atoms with Gasteiger partial charge in [0, 0.05) is 30.6 Å². The molecule has 1 N–H and O–H groups in total. The molecule has 0 atom stereocenters. The molecule has 2 rings (SSSR count). The van der Waals surface area contributed by atoms with Crippen molar-refractivity contribution in [2.24, 2.45) is 0 Å². The lowest BCUT2D eigenvalue weighted by Gasteiger charge is -2.21. The molecule has 1 aromatic rings. The number of hydrogen-bond donors (Lipinski definition) is 1. The summed E-state index contributed by atoms with van der Waals surface area (Å²) in [7, 11) is -3.04. The normalized spacial score (nSPS) is 16.3. The number of rotatable bonds is 8. The zero-order chi connectivity index (χ0) is 13.0. The van der Waals surface area contributed by atoms with Gasteiger partial charge in [-0.25, -0.2) is 13.1 Å². The van der Waals surface area contributed by atoms with Gasteiger partial charge in [0.15, 0.2) is 0 Å². The van der Waals surface area contributed by atoms with Gasteiger partial charge in [-0.15, -0.1) is 11.3 Å². The molecule has 102 valence electrons. The lowest BCUT2D eigenvalue weighted by Crippen LogP contribution is -2.30. The van der Waals surface area contributed by atoms with Gasteiger partial charge in [-0.3, -0.25) is 4.90 Å². The molecule has 0 radical (unpaired) electrons. The first-order chi connectivity index (χ1) is 8.54. The maximum Gasteiger partial charge on any atom is 0.208 e. The zero-order valence-corrected chi connectivity index (χ0v) is 12.3. The second-order valence-electron chi connectivity index (χ2n) is 4.80. The maximum absolute atomic E-state index is 11.0. The SMILES string of the molecule is CS(=O)(=O)NCCCN(Cc1cccs1)C1CC1. The van der Waals surface area contributed by atoms with Gasteiger partial charge in [0.05, 0.1) is 6.26 Å². The highest BCUT2D eigenvalue weighted by Gasteiger charge is 2.28. The van der Waals surface area contributed by atoms with Gasteiger partial charge in [-0.05, 0) is 30.7 Å². The van der Waals surface area contributed by atoms with E-state index in [2.05, 4.69) is 27.1 Å². The summed E-state index contributed by atoms with van der Waals surface area (Å²) in [6.45, 7) is 2.50. The van der Waals surface area contributed by atoms with E-state index in [0.717, 1.165) is 19.5 Å². The van der Waals surface area contributed by atoms with Crippen molar-refractivity contribution in [2.75, 3.05) is 19.3 Å². The van der Waals surface area contributed by atoms with Gasteiger partial charge in [0.2, 0.25) is 10.0 Å². The molecule has 1 fully saturated rings. The Hall–Kier alpha value is -0.430. The first-order valence-electron chi connectivity index (χ1n) is 6.26. The average Bonchev–Trinajstić information content (AvgIpc) is 3.00. The molecule has 0 spiro atoms. The molecule has 1 aliphatic rings. The zero-order valence-electron chi connectivity index (χ0n) is 10.6. The number of nitrogens with zero attached hydrogens (tertiary/aromatic N) is 1. The van der Waals surface area contributed by atoms with Crippen molar-refractivity contribution in [2.45, 2.75) is 31.8 Å². The highest BCUT2D eigenvalue weighted by Crippen LogP contribution is 2.29. The van der Waals surface area contributed by atoms with Crippen molar-refractivity contribution in [3.63, 3.8) is 0 Å². The first-order valence-corrected chi connectivity index (χ1v) is 9.03. The molecule has 0 bridgehead atoms. The fourth-order valence-corrected chi connectivity index (χ4v) is 3.22. The molecule has 0 aromatic carbocycles. The van der Waals surface area contributed by atoms with E-state index in [1.165, 1.54) is 24.0 Å². The number of thiophene rings is 1. The van der Waals surface area contributed by atoms with Gasteiger partial charge in [0.1, 0.15) is 0 Å². The monoisotopic (exact) mass is 288 g/mol. The third kappa shape index (κ3) is 5.06. The standard InChI is InChI=1S/C12H20N2O2S2/c1-18(15,16)13-7-3-8-14(11-5-6-11)10-12-4-2-9-17-12/h2,4,9,11,13H,3,5-8,10H2,1H3. The highest BCUT2D eigenvalue weighted by molar-refractivity contribution is 7.88. The van der Waals surface area contributed by atoms with Gasteiger partial charge in [-0.2, -0.15) is 0 Å². The van der Waals surface area contributed by atoms with E-state index in [-0.39, 0.29) is 0 Å². The van der Waals surface area contributed by atoms with Crippen LogP contribution in [0.2, 0.25) is 0 Å². The molecule has 1 heterocycles. The van der Waals surface area contributed by atoms with Crippen LogP contribution in [0, 0.1) is 0 Å². The van der Waals surface area contributed by atoms with E-state index in [4.69, 9.17) is 0 Å². The van der Waals surface area contributed by atoms with Crippen molar-refractivity contribution in [3.8, 4) is 0 Å². The quantitative estimate of drug-likeness (QED) is 0.740. The van der Waals surface area contributed by atoms with E-state index in [0.29, 0.717) is 12.6 Å². The van der Waals surface area contributed by atoms with E-state index in [1.807, 2.05) is 0 Å². The Bertz CT molecular complexity index is 452. The number of sulfonamides is 1. The van der Waals surface area contributed by atoms with E-state index in [1.54, 1.807) is 11.3 Å². The predicted molar refractivity (Wildman–Crippen MR) is 75.2 cm³/mol. The predicted octanol–water partition coefficient (Wildman–Crippen LogP) is 1.65. The Balaban J connectivity index is 1.73. The molecule has 18 heavy (non-hydrogen) atoms. The summed E-state index contributed by atoms with van der Waals surface area (Å²) in [5.74, 6) is 0. The van der Waals surface area contributed by atoms with Crippen LogP contribution in [-0.4, -0.2) is 38.7 Å². The van der Waals surface area contributed by atoms with Gasteiger partial charge in [0.25, 0.3) is 0 Å². The second kappa shape index (κ2) is 6.14. The molecule has 0 amide bonds. The average molecular weight is 288 g/mol. The van der Waals surface area contributed by atoms with Crippen LogP contribution >= 0.6 is 11.3 Å². The fraction of sp³-hybridized carbons (Fsp3) is 0.667. The van der Waals surface area contributed by atoms with Crippen LogP contribution in [0.1, 0.15) is 24.1 Å².